The van der Waals surface area contributed by atoms with E-state index in [9.17, 15) is 0 Å². The highest BCUT2D eigenvalue weighted by Crippen LogP contribution is 2.33. The molecular formula is C14H20N2OS2. The Morgan fingerprint density at radius 1 is 1.21 bits per heavy atom. The zero-order valence-electron chi connectivity index (χ0n) is 11.6. The Labute approximate surface area is 122 Å². The molecule has 2 aromatic rings. The maximum atomic E-state index is 9.13. The SMILES string of the molecule is CCCN(CCO)c1nc(-c2csc(C)c2C)cs1. The van der Waals surface area contributed by atoms with Crippen LogP contribution in [0.25, 0.3) is 11.3 Å². The average molecular weight is 296 g/mol. The van der Waals surface area contributed by atoms with Gasteiger partial charge in [0, 0.05) is 34.3 Å². The van der Waals surface area contributed by atoms with Crippen molar-refractivity contribution in [3.63, 3.8) is 0 Å². The van der Waals surface area contributed by atoms with E-state index in [1.165, 1.54) is 16.0 Å². The van der Waals surface area contributed by atoms with Crippen molar-refractivity contribution in [2.45, 2.75) is 27.2 Å². The third-order valence-corrected chi connectivity index (χ3v) is 5.10. The Bertz CT molecular complexity index is 527. The van der Waals surface area contributed by atoms with E-state index in [0.29, 0.717) is 6.54 Å². The maximum Gasteiger partial charge on any atom is 0.185 e. The van der Waals surface area contributed by atoms with Crippen molar-refractivity contribution >= 4 is 27.8 Å². The summed E-state index contributed by atoms with van der Waals surface area (Å²) in [5.74, 6) is 0. The molecule has 19 heavy (non-hydrogen) atoms. The number of aliphatic hydroxyl groups is 1. The van der Waals surface area contributed by atoms with E-state index in [0.717, 1.165) is 23.8 Å². The molecule has 0 saturated carbocycles. The van der Waals surface area contributed by atoms with Crippen LogP contribution in [-0.2, 0) is 0 Å². The lowest BCUT2D eigenvalue weighted by Gasteiger charge is -2.19. The smallest absolute Gasteiger partial charge is 0.185 e. The number of anilines is 1. The first kappa shape index (κ1) is 14.5. The largest absolute Gasteiger partial charge is 0.395 e. The lowest BCUT2D eigenvalue weighted by Crippen LogP contribution is -2.27. The van der Waals surface area contributed by atoms with E-state index in [1.54, 1.807) is 22.7 Å². The summed E-state index contributed by atoms with van der Waals surface area (Å²) in [5.41, 5.74) is 3.62. The number of nitrogens with zero attached hydrogens (tertiary/aromatic N) is 2. The molecule has 0 aromatic carbocycles. The number of aromatic nitrogens is 1. The van der Waals surface area contributed by atoms with Gasteiger partial charge in [0.05, 0.1) is 12.3 Å². The second kappa shape index (κ2) is 6.50. The van der Waals surface area contributed by atoms with Crippen molar-refractivity contribution in [3.05, 3.63) is 21.2 Å². The minimum atomic E-state index is 0.172. The zero-order chi connectivity index (χ0) is 13.8. The number of thiophene rings is 1. The van der Waals surface area contributed by atoms with Crippen molar-refractivity contribution in [2.24, 2.45) is 0 Å². The van der Waals surface area contributed by atoms with E-state index in [1.807, 2.05) is 0 Å². The van der Waals surface area contributed by atoms with Gasteiger partial charge in [-0.25, -0.2) is 4.98 Å². The molecule has 2 aromatic heterocycles. The molecular weight excluding hydrogens is 276 g/mol. The molecule has 0 aliphatic carbocycles. The molecule has 2 heterocycles. The van der Waals surface area contributed by atoms with Crippen molar-refractivity contribution in [2.75, 3.05) is 24.6 Å². The molecule has 0 fully saturated rings. The van der Waals surface area contributed by atoms with Gasteiger partial charge in [0.15, 0.2) is 5.13 Å². The van der Waals surface area contributed by atoms with Crippen LogP contribution in [0.2, 0.25) is 0 Å². The Morgan fingerprint density at radius 2 is 2.00 bits per heavy atom. The van der Waals surface area contributed by atoms with Gasteiger partial charge in [0.25, 0.3) is 0 Å². The molecule has 0 amide bonds. The van der Waals surface area contributed by atoms with Gasteiger partial charge in [0.2, 0.25) is 0 Å². The van der Waals surface area contributed by atoms with Gasteiger partial charge in [-0.1, -0.05) is 6.92 Å². The van der Waals surface area contributed by atoms with Crippen LogP contribution in [-0.4, -0.2) is 29.8 Å². The highest BCUT2D eigenvalue weighted by Gasteiger charge is 2.13. The van der Waals surface area contributed by atoms with E-state index < -0.39 is 0 Å². The van der Waals surface area contributed by atoms with Gasteiger partial charge in [0.1, 0.15) is 0 Å². The summed E-state index contributed by atoms with van der Waals surface area (Å²) in [5, 5.41) is 14.4. The van der Waals surface area contributed by atoms with Crippen molar-refractivity contribution in [1.29, 1.82) is 0 Å². The number of rotatable bonds is 6. The summed E-state index contributed by atoms with van der Waals surface area (Å²) >= 11 is 3.43. The molecule has 0 radical (unpaired) electrons. The third-order valence-electron chi connectivity index (χ3n) is 3.19. The highest BCUT2D eigenvalue weighted by molar-refractivity contribution is 7.14. The molecule has 0 bridgehead atoms. The number of hydrogen-bond donors (Lipinski definition) is 1. The molecule has 0 aliphatic heterocycles. The lowest BCUT2D eigenvalue weighted by molar-refractivity contribution is 0.302. The first-order valence-corrected chi connectivity index (χ1v) is 8.29. The predicted octanol–water partition coefficient (Wildman–Crippen LogP) is 3.70. The molecule has 2 rings (SSSR count). The first-order valence-electron chi connectivity index (χ1n) is 6.53. The van der Waals surface area contributed by atoms with Gasteiger partial charge >= 0.3 is 0 Å². The number of aliphatic hydroxyl groups excluding tert-OH is 1. The summed E-state index contributed by atoms with van der Waals surface area (Å²) in [4.78, 5) is 8.24. The van der Waals surface area contributed by atoms with Gasteiger partial charge in [-0.2, -0.15) is 0 Å². The Kier molecular flexibility index (Phi) is 4.96. The highest BCUT2D eigenvalue weighted by atomic mass is 32.1. The van der Waals surface area contributed by atoms with E-state index in [2.05, 4.69) is 36.4 Å². The standard InChI is InChI=1S/C14H20N2OS2/c1-4-5-16(6-7-17)14-15-13(9-19-14)12-8-18-11(3)10(12)2/h8-9,17H,4-7H2,1-3H3. The van der Waals surface area contributed by atoms with E-state index in [-0.39, 0.29) is 6.61 Å². The summed E-state index contributed by atoms with van der Waals surface area (Å²) in [6.45, 7) is 8.21. The van der Waals surface area contributed by atoms with Crippen LogP contribution in [0.1, 0.15) is 23.8 Å². The van der Waals surface area contributed by atoms with Crippen LogP contribution >= 0.6 is 22.7 Å². The maximum absolute atomic E-state index is 9.13. The van der Waals surface area contributed by atoms with Crippen LogP contribution in [0.4, 0.5) is 5.13 Å². The average Bonchev–Trinajstić information content (AvgIpc) is 2.98. The third kappa shape index (κ3) is 3.16. The number of aryl methyl sites for hydroxylation is 1. The quantitative estimate of drug-likeness (QED) is 0.883. The van der Waals surface area contributed by atoms with Crippen molar-refractivity contribution in [3.8, 4) is 11.3 Å². The summed E-state index contributed by atoms with van der Waals surface area (Å²) in [6.07, 6.45) is 1.06. The normalized spacial score (nSPS) is 10.9. The van der Waals surface area contributed by atoms with Gasteiger partial charge in [-0.05, 0) is 25.8 Å². The minimum Gasteiger partial charge on any atom is -0.395 e. The van der Waals surface area contributed by atoms with Crippen molar-refractivity contribution in [1.82, 2.24) is 4.98 Å². The van der Waals surface area contributed by atoms with E-state index in [4.69, 9.17) is 10.1 Å². The Hall–Kier alpha value is -0.910. The first-order chi connectivity index (χ1) is 9.17. The minimum absolute atomic E-state index is 0.172. The molecule has 5 heteroatoms. The molecule has 1 N–H and O–H groups in total. The van der Waals surface area contributed by atoms with Gasteiger partial charge < -0.3 is 10.0 Å². The molecule has 0 spiro atoms. The summed E-state index contributed by atoms with van der Waals surface area (Å²) < 4.78 is 0. The van der Waals surface area contributed by atoms with Gasteiger partial charge in [-0.3, -0.25) is 0 Å². The van der Waals surface area contributed by atoms with Crippen LogP contribution in [0.3, 0.4) is 0 Å². The predicted molar refractivity (Wildman–Crippen MR) is 84.5 cm³/mol. The van der Waals surface area contributed by atoms with Crippen LogP contribution in [0, 0.1) is 13.8 Å². The van der Waals surface area contributed by atoms with Crippen LogP contribution < -0.4 is 4.90 Å². The van der Waals surface area contributed by atoms with Crippen molar-refractivity contribution < 1.29 is 5.11 Å². The Balaban J connectivity index is 2.24. The fraction of sp³-hybridized carbons (Fsp3) is 0.500. The zero-order valence-corrected chi connectivity index (χ0v) is 13.3. The Morgan fingerprint density at radius 3 is 2.58 bits per heavy atom. The lowest BCUT2D eigenvalue weighted by atomic mass is 10.1. The molecule has 0 atom stereocenters. The number of hydrogen-bond acceptors (Lipinski definition) is 5. The number of thiazole rings is 1. The molecule has 0 aliphatic rings. The van der Waals surface area contributed by atoms with Gasteiger partial charge in [-0.15, -0.1) is 22.7 Å². The van der Waals surface area contributed by atoms with Crippen LogP contribution in [0.15, 0.2) is 10.8 Å². The molecule has 3 nitrogen and oxygen atoms in total. The summed E-state index contributed by atoms with van der Waals surface area (Å²) in [7, 11) is 0. The monoisotopic (exact) mass is 296 g/mol. The fourth-order valence-electron chi connectivity index (χ4n) is 1.99. The van der Waals surface area contributed by atoms with E-state index >= 15 is 0 Å². The van der Waals surface area contributed by atoms with Crippen LogP contribution in [0.5, 0.6) is 0 Å². The summed E-state index contributed by atoms with van der Waals surface area (Å²) in [6, 6.07) is 0. The molecule has 0 saturated heterocycles. The second-order valence-electron chi connectivity index (χ2n) is 4.56. The fourth-order valence-corrected chi connectivity index (χ4v) is 3.75. The molecule has 104 valence electrons. The second-order valence-corrected chi connectivity index (χ2v) is 6.48. The topological polar surface area (TPSA) is 36.4 Å². The molecule has 0 unspecified atom stereocenters.